The molecule has 0 radical (unpaired) electrons. The minimum Gasteiger partial charge on any atom is -0.410 e. The van der Waals surface area contributed by atoms with Crippen LogP contribution in [0.1, 0.15) is 71.9 Å². The normalized spacial score (nSPS) is 12.0. The van der Waals surface area contributed by atoms with Crippen molar-refractivity contribution < 1.29 is 45.6 Å². The fraction of sp³-hybridized carbons (Fsp3) is 0.568. The van der Waals surface area contributed by atoms with E-state index >= 15 is 0 Å². The van der Waals surface area contributed by atoms with Crippen LogP contribution in [0, 0.1) is 0 Å². The van der Waals surface area contributed by atoms with Gasteiger partial charge in [0.15, 0.2) is 0 Å². The van der Waals surface area contributed by atoms with Crippen molar-refractivity contribution >= 4 is 42.2 Å². The number of hydrogen-bond acceptors (Lipinski definition) is 12. The van der Waals surface area contributed by atoms with E-state index in [2.05, 4.69) is 20.6 Å². The smallest absolute Gasteiger partial charge is 0.410 e. The molecule has 2 aromatic rings. The van der Waals surface area contributed by atoms with E-state index in [1.807, 2.05) is 65.8 Å². The number of ether oxygens (including phenoxy) is 2. The monoisotopic (exact) mass is 776 g/mol. The Hall–Kier alpha value is -3.49. The van der Waals surface area contributed by atoms with Crippen LogP contribution < -0.4 is 20.1 Å². The van der Waals surface area contributed by atoms with Gasteiger partial charge in [-0.1, -0.05) is 24.3 Å². The number of aliphatic imine (C=N–C) groups is 2. The van der Waals surface area contributed by atoms with Crippen LogP contribution in [0.15, 0.2) is 58.5 Å². The third-order valence-electron chi connectivity index (χ3n) is 7.32. The van der Waals surface area contributed by atoms with E-state index in [9.17, 15) is 9.59 Å². The molecule has 296 valence electrons. The maximum absolute atomic E-state index is 12.5. The van der Waals surface area contributed by atoms with Gasteiger partial charge in [0.25, 0.3) is 0 Å². The van der Waals surface area contributed by atoms with Gasteiger partial charge in [0, 0.05) is 101 Å². The molecule has 0 saturated heterocycles. The van der Waals surface area contributed by atoms with Gasteiger partial charge in [-0.25, -0.2) is 9.59 Å². The van der Waals surface area contributed by atoms with E-state index in [0.29, 0.717) is 120 Å². The predicted octanol–water partition coefficient (Wildman–Crippen LogP) is 6.67. The Labute approximate surface area is 317 Å². The van der Waals surface area contributed by atoms with Crippen molar-refractivity contribution in [1.82, 2.24) is 10.6 Å². The lowest BCUT2D eigenvalue weighted by molar-refractivity contribution is 0.0700. The van der Waals surface area contributed by atoms with Crippen LogP contribution in [0.3, 0.4) is 0 Å². The molecule has 0 atom stereocenters. The van der Waals surface area contributed by atoms with Crippen molar-refractivity contribution in [3.8, 4) is 11.5 Å². The van der Waals surface area contributed by atoms with E-state index in [0.717, 1.165) is 0 Å². The number of rotatable bonds is 28. The van der Waals surface area contributed by atoms with Crippen LogP contribution >= 0.6 is 0 Å². The number of carbonyl (C=O) groups excluding carboxylic acids is 2. The predicted molar refractivity (Wildman–Crippen MR) is 211 cm³/mol. The number of carbonyl (C=O) groups is 2. The quantitative estimate of drug-likeness (QED) is 0.0544. The number of benzene rings is 2. The molecule has 0 bridgehead atoms. The molecule has 0 aliphatic rings. The summed E-state index contributed by atoms with van der Waals surface area (Å²) in [5.74, 6) is 0.816. The van der Waals surface area contributed by atoms with Crippen molar-refractivity contribution in [2.75, 3.05) is 65.8 Å². The number of para-hydroxylation sites is 2. The minimum atomic E-state index is -2.77. The highest BCUT2D eigenvalue weighted by Gasteiger charge is 2.40. The van der Waals surface area contributed by atoms with Crippen molar-refractivity contribution in [2.24, 2.45) is 9.98 Å². The van der Waals surface area contributed by atoms with E-state index in [1.54, 1.807) is 36.7 Å². The average Bonchev–Trinajstić information content (AvgIpc) is 3.13. The second kappa shape index (κ2) is 27.1. The Morgan fingerprint density at radius 3 is 1.23 bits per heavy atom. The van der Waals surface area contributed by atoms with Gasteiger partial charge >= 0.3 is 29.8 Å². The van der Waals surface area contributed by atoms with Crippen LogP contribution in [-0.4, -0.2) is 108 Å². The highest BCUT2D eigenvalue weighted by atomic mass is 28.4. The second-order valence-electron chi connectivity index (χ2n) is 11.3. The number of hydrogen-bond donors (Lipinski definition) is 2. The lowest BCUT2D eigenvalue weighted by Crippen LogP contribution is -2.46. The fourth-order valence-corrected chi connectivity index (χ4v) is 10.4. The Balaban J connectivity index is 1.79. The van der Waals surface area contributed by atoms with Crippen molar-refractivity contribution in [1.29, 1.82) is 0 Å². The zero-order chi connectivity index (χ0) is 38.6. The summed E-state index contributed by atoms with van der Waals surface area (Å²) in [6.45, 7) is 16.3. The van der Waals surface area contributed by atoms with Crippen LogP contribution in [0.2, 0.25) is 12.1 Å². The van der Waals surface area contributed by atoms with Crippen molar-refractivity contribution in [2.45, 2.75) is 72.9 Å². The molecule has 16 heteroatoms. The SMILES string of the molecule is CCO[Si](CCCNC(=O)Oc1ccccc1C=NCCCN=Cc1ccccc1OC(=O)NCCC[Si](OCC)(OCC)OCC)(OCC)OCC. The Kier molecular flexibility index (Phi) is 23.4. The lowest BCUT2D eigenvalue weighted by Gasteiger charge is -2.28. The van der Waals surface area contributed by atoms with Gasteiger partial charge in [-0.2, -0.15) is 0 Å². The fourth-order valence-electron chi connectivity index (χ4n) is 5.20. The van der Waals surface area contributed by atoms with Gasteiger partial charge in [0.05, 0.1) is 0 Å². The van der Waals surface area contributed by atoms with Crippen LogP contribution in [0.25, 0.3) is 0 Å². The highest BCUT2D eigenvalue weighted by molar-refractivity contribution is 6.61. The Morgan fingerprint density at radius 2 is 0.887 bits per heavy atom. The summed E-state index contributed by atoms with van der Waals surface area (Å²) in [4.78, 5) is 34.1. The molecule has 2 aromatic carbocycles. The molecule has 0 spiro atoms. The number of amides is 2. The molecule has 0 aromatic heterocycles. The van der Waals surface area contributed by atoms with Crippen LogP contribution in [-0.2, 0) is 26.6 Å². The maximum atomic E-state index is 12.5. The van der Waals surface area contributed by atoms with Gasteiger partial charge in [-0.15, -0.1) is 0 Å². The molecule has 0 heterocycles. The molecule has 53 heavy (non-hydrogen) atoms. The largest absolute Gasteiger partial charge is 0.500 e. The van der Waals surface area contributed by atoms with Gasteiger partial charge in [-0.3, -0.25) is 9.98 Å². The van der Waals surface area contributed by atoms with E-state index in [-0.39, 0.29) is 0 Å². The molecule has 0 aliphatic heterocycles. The Morgan fingerprint density at radius 1 is 0.547 bits per heavy atom. The Bertz CT molecular complexity index is 1250. The van der Waals surface area contributed by atoms with Crippen molar-refractivity contribution in [3.05, 3.63) is 59.7 Å². The maximum Gasteiger partial charge on any atom is 0.500 e. The molecule has 2 amide bonds. The topological polar surface area (TPSA) is 157 Å². The van der Waals surface area contributed by atoms with Crippen LogP contribution in [0.4, 0.5) is 9.59 Å². The summed E-state index contributed by atoms with van der Waals surface area (Å²) in [6, 6.07) is 15.6. The standard InChI is InChI=1S/C37H60N4O10Si2/c1-7-44-52(45-8-2,46-9-3)28-18-26-40-36(42)50-34-22-15-13-20-32(34)30-38-24-17-25-39-31-33-21-14-16-23-35(33)51-37(43)41-27-19-29-53(47-10-4,48-11-5)49-12-6/h13-16,20-23,30-31H,7-12,17-19,24-29H2,1-6H3,(H,40,42)(H,41,43). The summed E-state index contributed by atoms with van der Waals surface area (Å²) in [7, 11) is -5.53. The molecule has 2 N–H and O–H groups in total. The molecule has 2 rings (SSSR count). The minimum absolute atomic E-state index is 0.392. The summed E-state index contributed by atoms with van der Waals surface area (Å²) < 4.78 is 46.4. The molecule has 0 aliphatic carbocycles. The summed E-state index contributed by atoms with van der Waals surface area (Å²) in [6.07, 6.45) is 4.21. The molecular weight excluding hydrogens is 717 g/mol. The second-order valence-corrected chi connectivity index (χ2v) is 16.8. The van der Waals surface area contributed by atoms with E-state index in [1.165, 1.54) is 0 Å². The highest BCUT2D eigenvalue weighted by Crippen LogP contribution is 2.20. The lowest BCUT2D eigenvalue weighted by atomic mass is 10.2. The van der Waals surface area contributed by atoms with Crippen LogP contribution in [0.5, 0.6) is 11.5 Å². The zero-order valence-corrected chi connectivity index (χ0v) is 34.4. The molecular formula is C37H60N4O10Si2. The number of nitrogens with zero attached hydrogens (tertiary/aromatic N) is 2. The first-order valence-electron chi connectivity index (χ1n) is 18.7. The van der Waals surface area contributed by atoms with E-state index < -0.39 is 29.8 Å². The van der Waals surface area contributed by atoms with E-state index in [4.69, 9.17) is 36.0 Å². The first kappa shape index (κ1) is 45.7. The van der Waals surface area contributed by atoms with Gasteiger partial charge in [0.2, 0.25) is 0 Å². The van der Waals surface area contributed by atoms with Gasteiger partial charge in [0.1, 0.15) is 11.5 Å². The zero-order valence-electron chi connectivity index (χ0n) is 32.4. The summed E-state index contributed by atoms with van der Waals surface area (Å²) in [5, 5.41) is 5.59. The van der Waals surface area contributed by atoms with Gasteiger partial charge in [-0.05, 0) is 85.1 Å². The molecule has 0 unspecified atom stereocenters. The van der Waals surface area contributed by atoms with Crippen molar-refractivity contribution in [3.63, 3.8) is 0 Å². The third kappa shape index (κ3) is 17.9. The molecule has 14 nitrogen and oxygen atoms in total. The first-order chi connectivity index (χ1) is 25.8. The molecule has 0 saturated carbocycles. The number of nitrogens with one attached hydrogen (secondary N) is 2. The third-order valence-corrected chi connectivity index (χ3v) is 13.6. The van der Waals surface area contributed by atoms with Gasteiger partial charge < -0.3 is 46.7 Å². The summed E-state index contributed by atoms with van der Waals surface area (Å²) >= 11 is 0. The summed E-state index contributed by atoms with van der Waals surface area (Å²) in [5.41, 5.74) is 1.37. The molecule has 0 fully saturated rings. The average molecular weight is 777 g/mol. The first-order valence-corrected chi connectivity index (χ1v) is 22.6.